The molecule has 0 unspecified atom stereocenters. The van der Waals surface area contributed by atoms with Crippen LogP contribution in [0.2, 0.25) is 0 Å². The fourth-order valence-corrected chi connectivity index (χ4v) is 3.15. The van der Waals surface area contributed by atoms with Crippen molar-refractivity contribution in [2.75, 3.05) is 20.2 Å². The molecule has 1 fully saturated rings. The molecule has 27 heavy (non-hydrogen) atoms. The Balaban J connectivity index is 1.54. The maximum absolute atomic E-state index is 12.5. The normalized spacial score (nSPS) is 19.4. The van der Waals surface area contributed by atoms with Gasteiger partial charge in [-0.15, -0.1) is 0 Å². The number of hydrogen-bond donors (Lipinski definition) is 2. The fourth-order valence-electron chi connectivity index (χ4n) is 3.15. The smallest absolute Gasteiger partial charge is 0.251 e. The summed E-state index contributed by atoms with van der Waals surface area (Å²) in [5.74, 6) is 0.400. The van der Waals surface area contributed by atoms with E-state index >= 15 is 0 Å². The van der Waals surface area contributed by atoms with Gasteiger partial charge >= 0.3 is 0 Å². The van der Waals surface area contributed by atoms with Crippen LogP contribution in [0.4, 0.5) is 0 Å². The van der Waals surface area contributed by atoms with Gasteiger partial charge in [-0.1, -0.05) is 12.1 Å². The molecule has 7 nitrogen and oxygen atoms in total. The van der Waals surface area contributed by atoms with E-state index < -0.39 is 6.10 Å². The van der Waals surface area contributed by atoms with Gasteiger partial charge in [0.2, 0.25) is 5.91 Å². The van der Waals surface area contributed by atoms with E-state index in [2.05, 4.69) is 10.3 Å². The SMILES string of the molecule is COc1cccc(CC(=O)N2CC[C@@H](NC(=O)c3ccncc3)[C@H](O)C2)c1. The second-order valence-electron chi connectivity index (χ2n) is 6.54. The Labute approximate surface area is 158 Å². The molecule has 0 spiro atoms. The maximum atomic E-state index is 12.5. The Hall–Kier alpha value is -2.93. The third-order valence-corrected chi connectivity index (χ3v) is 4.68. The fraction of sp³-hybridized carbons (Fsp3) is 0.350. The number of nitrogens with zero attached hydrogens (tertiary/aromatic N) is 2. The first-order valence-corrected chi connectivity index (χ1v) is 8.86. The van der Waals surface area contributed by atoms with Crippen molar-refractivity contribution in [3.05, 3.63) is 59.9 Å². The summed E-state index contributed by atoms with van der Waals surface area (Å²) in [5, 5.41) is 13.2. The molecule has 2 amide bonds. The van der Waals surface area contributed by atoms with Crippen molar-refractivity contribution in [2.24, 2.45) is 0 Å². The molecule has 0 aliphatic carbocycles. The lowest BCUT2D eigenvalue weighted by molar-refractivity contribution is -0.134. The molecule has 1 saturated heterocycles. The van der Waals surface area contributed by atoms with Crippen molar-refractivity contribution in [3.8, 4) is 5.75 Å². The molecule has 7 heteroatoms. The van der Waals surface area contributed by atoms with Gasteiger partial charge in [0, 0.05) is 31.0 Å². The van der Waals surface area contributed by atoms with Crippen molar-refractivity contribution >= 4 is 11.8 Å². The minimum atomic E-state index is -0.807. The van der Waals surface area contributed by atoms with E-state index in [4.69, 9.17) is 4.74 Å². The van der Waals surface area contributed by atoms with Gasteiger partial charge in [-0.3, -0.25) is 14.6 Å². The van der Waals surface area contributed by atoms with Gasteiger partial charge in [-0.25, -0.2) is 0 Å². The Bertz CT molecular complexity index is 797. The van der Waals surface area contributed by atoms with Gasteiger partial charge in [-0.05, 0) is 36.2 Å². The highest BCUT2D eigenvalue weighted by atomic mass is 16.5. The second-order valence-corrected chi connectivity index (χ2v) is 6.54. The van der Waals surface area contributed by atoms with E-state index in [0.29, 0.717) is 24.3 Å². The van der Waals surface area contributed by atoms with E-state index in [9.17, 15) is 14.7 Å². The minimum absolute atomic E-state index is 0.0544. The number of hydrogen-bond acceptors (Lipinski definition) is 5. The Morgan fingerprint density at radius 3 is 2.78 bits per heavy atom. The third kappa shape index (κ3) is 4.83. The summed E-state index contributed by atoms with van der Waals surface area (Å²) in [6, 6.07) is 10.2. The number of nitrogens with one attached hydrogen (secondary N) is 1. The molecule has 2 aromatic rings. The lowest BCUT2D eigenvalue weighted by Gasteiger charge is -2.36. The summed E-state index contributed by atoms with van der Waals surface area (Å²) in [6.07, 6.45) is 3.04. The quantitative estimate of drug-likeness (QED) is 0.821. The van der Waals surface area contributed by atoms with Crippen molar-refractivity contribution in [2.45, 2.75) is 25.0 Å². The summed E-state index contributed by atoms with van der Waals surface area (Å²) in [4.78, 5) is 30.3. The number of rotatable bonds is 5. The van der Waals surface area contributed by atoms with Crippen molar-refractivity contribution in [3.63, 3.8) is 0 Å². The second kappa shape index (κ2) is 8.64. The molecular formula is C20H23N3O4. The molecule has 2 atom stereocenters. The first-order valence-electron chi connectivity index (χ1n) is 8.86. The Morgan fingerprint density at radius 2 is 2.07 bits per heavy atom. The van der Waals surface area contributed by atoms with Crippen LogP contribution in [0.1, 0.15) is 22.3 Å². The van der Waals surface area contributed by atoms with E-state index in [1.807, 2.05) is 24.3 Å². The zero-order valence-corrected chi connectivity index (χ0v) is 15.2. The monoisotopic (exact) mass is 369 g/mol. The van der Waals surface area contributed by atoms with E-state index in [0.717, 1.165) is 5.56 Å². The van der Waals surface area contributed by atoms with Gasteiger partial charge in [0.25, 0.3) is 5.91 Å². The van der Waals surface area contributed by atoms with Gasteiger partial charge in [0.1, 0.15) is 5.75 Å². The molecule has 2 heterocycles. The number of likely N-dealkylation sites (tertiary alicyclic amines) is 1. The van der Waals surface area contributed by atoms with Gasteiger partial charge in [-0.2, -0.15) is 0 Å². The minimum Gasteiger partial charge on any atom is -0.497 e. The highest BCUT2D eigenvalue weighted by Gasteiger charge is 2.31. The van der Waals surface area contributed by atoms with Crippen LogP contribution in [0.25, 0.3) is 0 Å². The predicted molar refractivity (Wildman–Crippen MR) is 99.4 cm³/mol. The van der Waals surface area contributed by atoms with Crippen LogP contribution in [0, 0.1) is 0 Å². The molecule has 1 aromatic heterocycles. The molecule has 1 aromatic carbocycles. The number of benzene rings is 1. The van der Waals surface area contributed by atoms with Gasteiger partial charge < -0.3 is 20.1 Å². The maximum Gasteiger partial charge on any atom is 0.251 e. The number of amides is 2. The molecule has 142 valence electrons. The summed E-state index contributed by atoms with van der Waals surface area (Å²) in [5.41, 5.74) is 1.36. The molecule has 1 aliphatic heterocycles. The number of pyridine rings is 1. The highest BCUT2D eigenvalue weighted by Crippen LogP contribution is 2.17. The molecule has 0 radical (unpaired) electrons. The van der Waals surface area contributed by atoms with E-state index in [1.165, 1.54) is 0 Å². The van der Waals surface area contributed by atoms with Crippen LogP contribution in [0.3, 0.4) is 0 Å². The average molecular weight is 369 g/mol. The molecule has 0 bridgehead atoms. The topological polar surface area (TPSA) is 91.8 Å². The number of carbonyl (C=O) groups excluding carboxylic acids is 2. The van der Waals surface area contributed by atoms with Crippen LogP contribution in [0.5, 0.6) is 5.75 Å². The molecular weight excluding hydrogens is 346 g/mol. The largest absolute Gasteiger partial charge is 0.497 e. The molecule has 3 rings (SSSR count). The van der Waals surface area contributed by atoms with Crippen molar-refractivity contribution in [1.82, 2.24) is 15.2 Å². The first kappa shape index (κ1) is 18.8. The number of ether oxygens (including phenoxy) is 1. The van der Waals surface area contributed by atoms with Gasteiger partial charge in [0.15, 0.2) is 0 Å². The van der Waals surface area contributed by atoms with E-state index in [1.54, 1.807) is 36.5 Å². The van der Waals surface area contributed by atoms with Crippen LogP contribution in [-0.4, -0.2) is 59.1 Å². The molecule has 2 N–H and O–H groups in total. The number of aliphatic hydroxyl groups excluding tert-OH is 1. The van der Waals surface area contributed by atoms with Crippen LogP contribution < -0.4 is 10.1 Å². The number of aromatic nitrogens is 1. The summed E-state index contributed by atoms with van der Waals surface area (Å²) in [6.45, 7) is 0.686. The van der Waals surface area contributed by atoms with Crippen LogP contribution in [0.15, 0.2) is 48.8 Å². The summed E-state index contributed by atoms with van der Waals surface area (Å²) < 4.78 is 5.18. The lowest BCUT2D eigenvalue weighted by Crippen LogP contribution is -2.55. The summed E-state index contributed by atoms with van der Waals surface area (Å²) in [7, 11) is 1.59. The third-order valence-electron chi connectivity index (χ3n) is 4.68. The number of β-amino-alcohol motifs (C(OH)–C–C–N with tert-alkyl or cyclic N) is 1. The average Bonchev–Trinajstić information content (AvgIpc) is 2.70. The highest BCUT2D eigenvalue weighted by molar-refractivity contribution is 5.94. The van der Waals surface area contributed by atoms with Crippen molar-refractivity contribution in [1.29, 1.82) is 0 Å². The van der Waals surface area contributed by atoms with Crippen LogP contribution in [-0.2, 0) is 11.2 Å². The predicted octanol–water partition coefficient (Wildman–Crippen LogP) is 1.02. The van der Waals surface area contributed by atoms with E-state index in [-0.39, 0.29) is 30.8 Å². The Morgan fingerprint density at radius 1 is 1.30 bits per heavy atom. The molecule has 0 saturated carbocycles. The number of aliphatic hydroxyl groups is 1. The number of carbonyl (C=O) groups is 2. The lowest BCUT2D eigenvalue weighted by atomic mass is 10.0. The van der Waals surface area contributed by atoms with Gasteiger partial charge in [0.05, 0.1) is 25.7 Å². The number of piperidine rings is 1. The molecule has 1 aliphatic rings. The van der Waals surface area contributed by atoms with Crippen molar-refractivity contribution < 1.29 is 19.4 Å². The van der Waals surface area contributed by atoms with Crippen LogP contribution >= 0.6 is 0 Å². The Kier molecular flexibility index (Phi) is 6.03. The standard InChI is InChI=1S/C20H23N3O4/c1-27-16-4-2-3-14(11-16)12-19(25)23-10-7-17(18(24)13-23)22-20(26)15-5-8-21-9-6-15/h2-6,8-9,11,17-18,24H,7,10,12-13H2,1H3,(H,22,26)/t17-,18-/m1/s1. The number of methoxy groups -OCH3 is 1. The summed E-state index contributed by atoms with van der Waals surface area (Å²) >= 11 is 0. The first-order chi connectivity index (χ1) is 13.1. The zero-order valence-electron chi connectivity index (χ0n) is 15.2. The zero-order chi connectivity index (χ0) is 19.2.